The number of ether oxygens (including phenoxy) is 1. The summed E-state index contributed by atoms with van der Waals surface area (Å²) in [5, 5.41) is 29.6. The van der Waals surface area contributed by atoms with Crippen LogP contribution >= 0.6 is 11.8 Å². The van der Waals surface area contributed by atoms with Crippen molar-refractivity contribution in [2.24, 2.45) is 20.7 Å². The lowest BCUT2D eigenvalue weighted by atomic mass is 9.94. The van der Waals surface area contributed by atoms with Crippen LogP contribution in [0.25, 0.3) is 0 Å². The average Bonchev–Trinajstić information content (AvgIpc) is 3.25. The van der Waals surface area contributed by atoms with Gasteiger partial charge in [-0.15, -0.1) is 0 Å². The fourth-order valence-corrected chi connectivity index (χ4v) is 4.26. The third-order valence-corrected chi connectivity index (χ3v) is 5.94. The number of rotatable bonds is 5. The van der Waals surface area contributed by atoms with Crippen LogP contribution < -0.4 is 5.73 Å². The zero-order chi connectivity index (χ0) is 22.4. The van der Waals surface area contributed by atoms with E-state index in [0.717, 1.165) is 0 Å². The number of thioether (sulfide) groups is 1. The summed E-state index contributed by atoms with van der Waals surface area (Å²) in [6.45, 7) is -0.419. The number of benzene rings is 1. The maximum atomic E-state index is 12.5. The second-order valence-electron chi connectivity index (χ2n) is 7.34. The van der Waals surface area contributed by atoms with Crippen LogP contribution in [0.3, 0.4) is 0 Å². The average molecular weight is 459 g/mol. The van der Waals surface area contributed by atoms with E-state index < -0.39 is 42.3 Å². The van der Waals surface area contributed by atoms with Crippen molar-refractivity contribution < 1.29 is 33.2 Å². The molecule has 5 N–H and O–H groups in total. The van der Waals surface area contributed by atoms with Crippen LogP contribution in [0.4, 0.5) is 13.2 Å². The predicted octanol–water partition coefficient (Wildman–Crippen LogP) is 0.0895. The van der Waals surface area contributed by atoms with Gasteiger partial charge in [0.05, 0.1) is 6.61 Å². The number of alkyl halides is 3. The number of hydrogen-bond acceptors (Lipinski definition) is 10. The van der Waals surface area contributed by atoms with Gasteiger partial charge in [0, 0.05) is 11.3 Å². The van der Waals surface area contributed by atoms with E-state index in [1.165, 1.54) is 23.4 Å². The third-order valence-electron chi connectivity index (χ3n) is 5.20. The second-order valence-corrected chi connectivity index (χ2v) is 8.48. The minimum Gasteiger partial charge on any atom is -0.394 e. The summed E-state index contributed by atoms with van der Waals surface area (Å²) in [4.78, 5) is 14.4. The van der Waals surface area contributed by atoms with Gasteiger partial charge in [-0.1, -0.05) is 12.1 Å². The lowest BCUT2D eigenvalue weighted by Crippen LogP contribution is -2.56. The van der Waals surface area contributed by atoms with Crippen molar-refractivity contribution >= 4 is 29.6 Å². The molecule has 168 valence electrons. The highest BCUT2D eigenvalue weighted by atomic mass is 32.2. The molecule has 3 heterocycles. The first kappa shape index (κ1) is 22.2. The van der Waals surface area contributed by atoms with E-state index >= 15 is 0 Å². The van der Waals surface area contributed by atoms with Crippen molar-refractivity contribution in [1.82, 2.24) is 4.90 Å². The lowest BCUT2D eigenvalue weighted by Gasteiger charge is -2.32. The molecule has 3 aliphatic heterocycles. The van der Waals surface area contributed by atoms with Gasteiger partial charge in [0.15, 0.2) is 17.7 Å². The molecule has 4 rings (SSSR count). The van der Waals surface area contributed by atoms with Crippen LogP contribution in [0, 0.1) is 0 Å². The fourth-order valence-electron chi connectivity index (χ4n) is 3.72. The van der Waals surface area contributed by atoms with E-state index in [1.807, 2.05) is 0 Å². The zero-order valence-corrected chi connectivity index (χ0v) is 16.8. The Morgan fingerprint density at radius 1 is 1.23 bits per heavy atom. The van der Waals surface area contributed by atoms with Crippen LogP contribution in [0.2, 0.25) is 0 Å². The fraction of sp³-hybridized carbons (Fsp3) is 0.500. The Morgan fingerprint density at radius 3 is 2.55 bits per heavy atom. The Hall–Kier alpha value is -2.03. The molecule has 13 heteroatoms. The van der Waals surface area contributed by atoms with Crippen molar-refractivity contribution in [2.45, 2.75) is 47.0 Å². The Labute approximate surface area is 179 Å². The molecule has 0 spiro atoms. The van der Waals surface area contributed by atoms with Crippen molar-refractivity contribution in [3.8, 4) is 0 Å². The predicted molar refractivity (Wildman–Crippen MR) is 107 cm³/mol. The van der Waals surface area contributed by atoms with Gasteiger partial charge in [0.1, 0.15) is 37.0 Å². The summed E-state index contributed by atoms with van der Waals surface area (Å²) in [5.41, 5.74) is 1.78. The standard InChI is InChI=1S/C18H20F3N5O4S/c19-18(20,21)31-10-3-1-9(2-4-10)5-17(22)14-15(23-7-25-17)26(8-24-14)16-13(29)12(28)11(6-27)30-16/h1-4,7,11-13,16,27-29H,5-6,8,22H2/t11-,12-,13-,16-,17?/m1/s1. The summed E-state index contributed by atoms with van der Waals surface area (Å²) in [5.74, 6) is 0.316. The topological polar surface area (TPSA) is 136 Å². The molecule has 1 saturated heterocycles. The molecule has 0 saturated carbocycles. The molecule has 0 bridgehead atoms. The molecule has 0 amide bonds. The van der Waals surface area contributed by atoms with E-state index in [9.17, 15) is 28.5 Å². The summed E-state index contributed by atoms with van der Waals surface area (Å²) >= 11 is -0.199. The Bertz CT molecular complexity index is 926. The van der Waals surface area contributed by atoms with Gasteiger partial charge in [-0.3, -0.25) is 4.99 Å². The number of amidine groups is 1. The normalized spacial score (nSPS) is 32.8. The van der Waals surface area contributed by atoms with Gasteiger partial charge in [-0.05, 0) is 29.5 Å². The van der Waals surface area contributed by atoms with Crippen molar-refractivity contribution in [3.63, 3.8) is 0 Å². The molecule has 1 aromatic rings. The minimum atomic E-state index is -4.37. The maximum Gasteiger partial charge on any atom is 0.446 e. The monoisotopic (exact) mass is 459 g/mol. The number of aliphatic imine (C=N–C) groups is 3. The number of aliphatic hydroxyl groups is 3. The SMILES string of the molecule is NC1(Cc2ccc(SC(F)(F)F)cc2)N=CN=C2C1=NCN2[C@@H]1O[C@H](CO)[C@@H](O)[C@H]1O. The van der Waals surface area contributed by atoms with Crippen molar-refractivity contribution in [2.75, 3.05) is 13.3 Å². The maximum absolute atomic E-state index is 12.5. The third kappa shape index (κ3) is 4.33. The number of aliphatic hydroxyl groups excluding tert-OH is 3. The number of halogens is 3. The molecular weight excluding hydrogens is 439 g/mol. The molecule has 31 heavy (non-hydrogen) atoms. The zero-order valence-electron chi connectivity index (χ0n) is 16.0. The number of hydrogen-bond donors (Lipinski definition) is 4. The highest BCUT2D eigenvalue weighted by molar-refractivity contribution is 8.00. The molecule has 0 aromatic heterocycles. The van der Waals surface area contributed by atoms with Crippen LogP contribution in [0.5, 0.6) is 0 Å². The van der Waals surface area contributed by atoms with E-state index in [4.69, 9.17) is 10.5 Å². The summed E-state index contributed by atoms with van der Waals surface area (Å²) in [6.07, 6.45) is -3.09. The molecule has 1 fully saturated rings. The first-order valence-electron chi connectivity index (χ1n) is 9.31. The lowest BCUT2D eigenvalue weighted by molar-refractivity contribution is -0.0688. The van der Waals surface area contributed by atoms with Gasteiger partial charge in [0.25, 0.3) is 0 Å². The summed E-state index contributed by atoms with van der Waals surface area (Å²) in [7, 11) is 0. The Morgan fingerprint density at radius 2 is 1.94 bits per heavy atom. The summed E-state index contributed by atoms with van der Waals surface area (Å²) in [6, 6.07) is 5.81. The van der Waals surface area contributed by atoms with Crippen molar-refractivity contribution in [3.05, 3.63) is 29.8 Å². The molecule has 1 aromatic carbocycles. The van der Waals surface area contributed by atoms with Crippen LogP contribution in [0.1, 0.15) is 5.56 Å². The van der Waals surface area contributed by atoms with E-state index in [-0.39, 0.29) is 29.7 Å². The van der Waals surface area contributed by atoms with E-state index in [2.05, 4.69) is 15.0 Å². The second kappa shape index (κ2) is 8.15. The molecule has 1 unspecified atom stereocenters. The molecule has 9 nitrogen and oxygen atoms in total. The number of nitrogens with two attached hydrogens (primary N) is 1. The quantitative estimate of drug-likeness (QED) is 0.458. The van der Waals surface area contributed by atoms with Gasteiger partial charge in [-0.2, -0.15) is 13.2 Å². The largest absolute Gasteiger partial charge is 0.446 e. The van der Waals surface area contributed by atoms with Gasteiger partial charge in [-0.25, -0.2) is 9.98 Å². The minimum absolute atomic E-state index is 0.0459. The van der Waals surface area contributed by atoms with Crippen molar-refractivity contribution in [1.29, 1.82) is 0 Å². The first-order valence-corrected chi connectivity index (χ1v) is 10.1. The first-order chi connectivity index (χ1) is 14.6. The van der Waals surface area contributed by atoms with Gasteiger partial charge < -0.3 is 30.7 Å². The molecule has 0 radical (unpaired) electrons. The summed E-state index contributed by atoms with van der Waals surface area (Å²) < 4.78 is 43.1. The van der Waals surface area contributed by atoms with Crippen LogP contribution in [0.15, 0.2) is 44.1 Å². The number of fused-ring (bicyclic) bond motifs is 1. The van der Waals surface area contributed by atoms with Crippen LogP contribution in [-0.2, 0) is 11.2 Å². The Balaban J connectivity index is 1.49. The van der Waals surface area contributed by atoms with E-state index in [1.54, 1.807) is 12.1 Å². The van der Waals surface area contributed by atoms with Gasteiger partial charge in [0.2, 0.25) is 0 Å². The van der Waals surface area contributed by atoms with Gasteiger partial charge >= 0.3 is 5.51 Å². The molecular formula is C18H20F3N5O4S. The highest BCUT2D eigenvalue weighted by Gasteiger charge is 2.50. The molecule has 3 aliphatic rings. The smallest absolute Gasteiger partial charge is 0.394 e. The molecule has 0 aliphatic carbocycles. The highest BCUT2D eigenvalue weighted by Crippen LogP contribution is 2.37. The van der Waals surface area contributed by atoms with E-state index in [0.29, 0.717) is 17.1 Å². The Kier molecular flexibility index (Phi) is 5.83. The molecule has 5 atom stereocenters. The van der Waals surface area contributed by atoms with Crippen LogP contribution in [-0.4, -0.2) is 87.1 Å². The number of nitrogens with zero attached hydrogens (tertiary/aromatic N) is 4.